The summed E-state index contributed by atoms with van der Waals surface area (Å²) in [5.41, 5.74) is 3.70. The zero-order chi connectivity index (χ0) is 10.1. The van der Waals surface area contributed by atoms with Crippen molar-refractivity contribution in [2.45, 2.75) is 12.8 Å². The van der Waals surface area contributed by atoms with E-state index in [2.05, 4.69) is 33.8 Å². The van der Waals surface area contributed by atoms with Crippen LogP contribution in [0.4, 0.5) is 5.69 Å². The average molecular weight is 200 g/mol. The number of rotatable bonds is 1. The van der Waals surface area contributed by atoms with Crippen LogP contribution in [-0.4, -0.2) is 21.5 Å². The minimum absolute atomic E-state index is 1.08. The Morgan fingerprint density at radius 3 is 3.20 bits per heavy atom. The lowest BCUT2D eigenvalue weighted by molar-refractivity contribution is 0.792. The minimum Gasteiger partial charge on any atom is -0.385 e. The summed E-state index contributed by atoms with van der Waals surface area (Å²) in [7, 11) is 0. The Morgan fingerprint density at radius 1 is 1.33 bits per heavy atom. The molecule has 15 heavy (non-hydrogen) atoms. The molecule has 4 nitrogen and oxygen atoms in total. The van der Waals surface area contributed by atoms with Crippen LogP contribution in [-0.2, 0) is 6.42 Å². The summed E-state index contributed by atoms with van der Waals surface area (Å²) >= 11 is 0. The van der Waals surface area contributed by atoms with Crippen LogP contribution < -0.4 is 5.32 Å². The third-order valence-corrected chi connectivity index (χ3v) is 2.71. The van der Waals surface area contributed by atoms with Crippen LogP contribution in [0.2, 0.25) is 0 Å². The first-order chi connectivity index (χ1) is 7.43. The molecule has 1 N–H and O–H groups in total. The standard InChI is InChI=1S/C11H12N4/c1-2-9-8-10(15-7-6-13-14-15)3-4-11(9)12-5-1/h3-4,6-8,12H,1-2,5H2. The molecule has 0 amide bonds. The Hall–Kier alpha value is -1.84. The Labute approximate surface area is 87.9 Å². The number of nitrogens with zero attached hydrogens (tertiary/aromatic N) is 3. The van der Waals surface area contributed by atoms with Crippen molar-refractivity contribution < 1.29 is 0 Å². The van der Waals surface area contributed by atoms with Gasteiger partial charge in [-0.3, -0.25) is 0 Å². The second-order valence-electron chi connectivity index (χ2n) is 3.72. The number of aromatic nitrogens is 3. The van der Waals surface area contributed by atoms with Gasteiger partial charge in [-0.25, -0.2) is 4.68 Å². The largest absolute Gasteiger partial charge is 0.385 e. The molecule has 0 radical (unpaired) electrons. The number of benzene rings is 1. The van der Waals surface area contributed by atoms with Crippen LogP contribution >= 0.6 is 0 Å². The molecule has 0 fully saturated rings. The number of aryl methyl sites for hydroxylation is 1. The second-order valence-corrected chi connectivity index (χ2v) is 3.72. The Bertz CT molecular complexity index is 461. The SMILES string of the molecule is c1cn(-c2ccc3c(c2)CCCN3)nn1. The summed E-state index contributed by atoms with van der Waals surface area (Å²) in [6.45, 7) is 1.08. The Kier molecular flexibility index (Phi) is 1.91. The summed E-state index contributed by atoms with van der Waals surface area (Å²) < 4.78 is 1.79. The maximum Gasteiger partial charge on any atom is 0.0697 e. The maximum atomic E-state index is 3.98. The minimum atomic E-state index is 1.08. The molecule has 2 heterocycles. The highest BCUT2D eigenvalue weighted by Crippen LogP contribution is 2.23. The van der Waals surface area contributed by atoms with Crippen molar-refractivity contribution in [2.75, 3.05) is 11.9 Å². The van der Waals surface area contributed by atoms with Gasteiger partial charge in [-0.15, -0.1) is 5.10 Å². The molecule has 0 unspecified atom stereocenters. The van der Waals surface area contributed by atoms with Crippen LogP contribution in [0.5, 0.6) is 0 Å². The van der Waals surface area contributed by atoms with Crippen LogP contribution in [0.1, 0.15) is 12.0 Å². The molecule has 0 spiro atoms. The van der Waals surface area contributed by atoms with Gasteiger partial charge in [-0.1, -0.05) is 5.21 Å². The fourth-order valence-electron chi connectivity index (χ4n) is 1.95. The van der Waals surface area contributed by atoms with Crippen molar-refractivity contribution in [3.8, 4) is 5.69 Å². The molecule has 76 valence electrons. The van der Waals surface area contributed by atoms with Gasteiger partial charge in [0.25, 0.3) is 0 Å². The molecule has 1 aliphatic heterocycles. The summed E-state index contributed by atoms with van der Waals surface area (Å²) in [5.74, 6) is 0. The smallest absolute Gasteiger partial charge is 0.0697 e. The number of hydrogen-bond acceptors (Lipinski definition) is 3. The van der Waals surface area contributed by atoms with Gasteiger partial charge >= 0.3 is 0 Å². The summed E-state index contributed by atoms with van der Waals surface area (Å²) in [6.07, 6.45) is 5.90. The van der Waals surface area contributed by atoms with Crippen LogP contribution in [0.15, 0.2) is 30.6 Å². The highest BCUT2D eigenvalue weighted by Gasteiger charge is 2.09. The van der Waals surface area contributed by atoms with Gasteiger partial charge in [0.1, 0.15) is 0 Å². The van der Waals surface area contributed by atoms with Crippen molar-refractivity contribution in [1.82, 2.24) is 15.0 Å². The predicted octanol–water partition coefficient (Wildman–Crippen LogP) is 1.63. The van der Waals surface area contributed by atoms with E-state index in [1.54, 1.807) is 10.9 Å². The van der Waals surface area contributed by atoms with Crippen molar-refractivity contribution in [3.05, 3.63) is 36.2 Å². The molecule has 4 heteroatoms. The van der Waals surface area contributed by atoms with Gasteiger partial charge in [0.15, 0.2) is 0 Å². The van der Waals surface area contributed by atoms with Gasteiger partial charge in [-0.05, 0) is 36.6 Å². The number of nitrogens with one attached hydrogen (secondary N) is 1. The normalized spacial score (nSPS) is 14.4. The van der Waals surface area contributed by atoms with E-state index in [0.29, 0.717) is 0 Å². The first kappa shape index (κ1) is 8.47. The first-order valence-corrected chi connectivity index (χ1v) is 5.17. The molecule has 1 aliphatic rings. The summed E-state index contributed by atoms with van der Waals surface area (Å²) in [4.78, 5) is 0. The van der Waals surface area contributed by atoms with Crippen LogP contribution in [0, 0.1) is 0 Å². The average Bonchev–Trinajstić information content (AvgIpc) is 2.82. The molecule has 3 rings (SSSR count). The zero-order valence-electron chi connectivity index (χ0n) is 8.35. The van der Waals surface area contributed by atoms with Gasteiger partial charge in [0, 0.05) is 12.2 Å². The molecule has 1 aromatic heterocycles. The van der Waals surface area contributed by atoms with Crippen LogP contribution in [0.3, 0.4) is 0 Å². The van der Waals surface area contributed by atoms with Crippen molar-refractivity contribution in [2.24, 2.45) is 0 Å². The van der Waals surface area contributed by atoms with Crippen molar-refractivity contribution >= 4 is 5.69 Å². The molecule has 0 saturated carbocycles. The molecule has 1 aromatic carbocycles. The molecule has 0 saturated heterocycles. The van der Waals surface area contributed by atoms with E-state index in [1.165, 1.54) is 17.7 Å². The summed E-state index contributed by atoms with van der Waals surface area (Å²) in [6, 6.07) is 6.35. The van der Waals surface area contributed by atoms with E-state index in [4.69, 9.17) is 0 Å². The fourth-order valence-corrected chi connectivity index (χ4v) is 1.95. The van der Waals surface area contributed by atoms with E-state index in [9.17, 15) is 0 Å². The molecule has 0 aliphatic carbocycles. The lowest BCUT2D eigenvalue weighted by atomic mass is 10.0. The predicted molar refractivity (Wildman–Crippen MR) is 58.2 cm³/mol. The molecular weight excluding hydrogens is 188 g/mol. The lowest BCUT2D eigenvalue weighted by Gasteiger charge is -2.18. The topological polar surface area (TPSA) is 42.7 Å². The van der Waals surface area contributed by atoms with Crippen molar-refractivity contribution in [3.63, 3.8) is 0 Å². The highest BCUT2D eigenvalue weighted by molar-refractivity contribution is 5.57. The molecular formula is C11H12N4. The third kappa shape index (κ3) is 1.48. The highest BCUT2D eigenvalue weighted by atomic mass is 15.4. The van der Waals surface area contributed by atoms with Gasteiger partial charge in [0.2, 0.25) is 0 Å². The zero-order valence-corrected chi connectivity index (χ0v) is 8.35. The second kappa shape index (κ2) is 3.38. The van der Waals surface area contributed by atoms with Gasteiger partial charge in [-0.2, -0.15) is 0 Å². The number of hydrogen-bond donors (Lipinski definition) is 1. The number of anilines is 1. The van der Waals surface area contributed by atoms with E-state index >= 15 is 0 Å². The van der Waals surface area contributed by atoms with E-state index in [-0.39, 0.29) is 0 Å². The fraction of sp³-hybridized carbons (Fsp3) is 0.273. The first-order valence-electron chi connectivity index (χ1n) is 5.17. The van der Waals surface area contributed by atoms with Crippen molar-refractivity contribution in [1.29, 1.82) is 0 Å². The van der Waals surface area contributed by atoms with Gasteiger partial charge in [0.05, 0.1) is 18.1 Å². The van der Waals surface area contributed by atoms with E-state index < -0.39 is 0 Å². The molecule has 0 bridgehead atoms. The molecule has 2 aromatic rings. The van der Waals surface area contributed by atoms with Crippen LogP contribution in [0.25, 0.3) is 5.69 Å². The Morgan fingerprint density at radius 2 is 2.33 bits per heavy atom. The van der Waals surface area contributed by atoms with Gasteiger partial charge < -0.3 is 5.32 Å². The third-order valence-electron chi connectivity index (χ3n) is 2.71. The Balaban J connectivity index is 2.04. The summed E-state index contributed by atoms with van der Waals surface area (Å²) in [5, 5.41) is 11.2. The van der Waals surface area contributed by atoms with E-state index in [0.717, 1.165) is 18.7 Å². The monoisotopic (exact) mass is 200 g/mol. The molecule has 0 atom stereocenters. The maximum absolute atomic E-state index is 3.98. The van der Waals surface area contributed by atoms with E-state index in [1.807, 2.05) is 6.20 Å². The quantitative estimate of drug-likeness (QED) is 0.760. The lowest BCUT2D eigenvalue weighted by Crippen LogP contribution is -2.12. The number of fused-ring (bicyclic) bond motifs is 1.